The Labute approximate surface area is 449 Å². The SMILES string of the molecule is CCCCCCCCCCCCCCCC(=O)O[C@@H]1[C@@H](O)[C@H](O)O[C@H](CO)[C@H]1O[C@H]1O[C@H](CO)[C@@H](O)[C@H](OC(=O)CCCCCCCCCCCCCCC)[C@H]1OC(=O)CCCCCCCCCCCCCCC. The van der Waals surface area contributed by atoms with Gasteiger partial charge in [-0.2, -0.15) is 0 Å². The second kappa shape index (κ2) is 46.0. The molecule has 2 fully saturated rings. The molecule has 436 valence electrons. The molecular weight excluding hydrogens is 945 g/mol. The first-order chi connectivity index (χ1) is 36.1. The van der Waals surface area contributed by atoms with E-state index in [1.54, 1.807) is 0 Å². The fourth-order valence-electron chi connectivity index (χ4n) is 10.4. The summed E-state index contributed by atoms with van der Waals surface area (Å²) in [4.78, 5) is 40.4. The first-order valence-corrected chi connectivity index (χ1v) is 30.9. The summed E-state index contributed by atoms with van der Waals surface area (Å²) in [5.74, 6) is -1.91. The summed E-state index contributed by atoms with van der Waals surface area (Å²) in [6.45, 7) is 5.24. The van der Waals surface area contributed by atoms with Gasteiger partial charge in [0.15, 0.2) is 30.9 Å². The lowest BCUT2D eigenvalue weighted by Gasteiger charge is -2.47. The molecule has 2 aliphatic heterocycles. The molecule has 0 aromatic rings. The van der Waals surface area contributed by atoms with Gasteiger partial charge in [0.1, 0.15) is 30.5 Å². The summed E-state index contributed by atoms with van der Waals surface area (Å²) in [7, 11) is 0. The average molecular weight is 1060 g/mol. The third kappa shape index (κ3) is 31.5. The molecule has 74 heavy (non-hydrogen) atoms. The molecule has 2 saturated heterocycles. The third-order valence-electron chi connectivity index (χ3n) is 15.2. The normalized spacial score (nSPS) is 24.0. The van der Waals surface area contributed by atoms with Crippen LogP contribution in [0.3, 0.4) is 0 Å². The number of unbranched alkanes of at least 4 members (excludes halogenated alkanes) is 36. The topological polar surface area (TPSA) is 208 Å². The number of hydrogen-bond acceptors (Lipinski definition) is 14. The first kappa shape index (κ1) is 68.2. The first-order valence-electron chi connectivity index (χ1n) is 30.9. The van der Waals surface area contributed by atoms with Crippen molar-refractivity contribution in [1.82, 2.24) is 0 Å². The van der Waals surface area contributed by atoms with Gasteiger partial charge in [-0.05, 0) is 19.3 Å². The maximum absolute atomic E-state index is 13.6. The van der Waals surface area contributed by atoms with E-state index in [0.29, 0.717) is 19.3 Å². The van der Waals surface area contributed by atoms with E-state index in [1.807, 2.05) is 0 Å². The highest BCUT2D eigenvalue weighted by Crippen LogP contribution is 2.33. The molecule has 0 saturated carbocycles. The fraction of sp³-hybridized carbons (Fsp3) is 0.950. The predicted octanol–water partition coefficient (Wildman–Crippen LogP) is 12.7. The molecule has 0 bridgehead atoms. The Morgan fingerprint density at radius 1 is 0.338 bits per heavy atom. The Hall–Kier alpha value is -1.91. The van der Waals surface area contributed by atoms with E-state index in [0.717, 1.165) is 77.0 Å². The van der Waals surface area contributed by atoms with E-state index in [2.05, 4.69) is 20.8 Å². The van der Waals surface area contributed by atoms with Crippen molar-refractivity contribution in [2.24, 2.45) is 0 Å². The molecule has 0 radical (unpaired) electrons. The number of carbonyl (C=O) groups excluding carboxylic acids is 3. The van der Waals surface area contributed by atoms with Gasteiger partial charge in [-0.15, -0.1) is 0 Å². The quantitative estimate of drug-likeness (QED) is 0.0218. The molecule has 14 nitrogen and oxygen atoms in total. The lowest BCUT2D eigenvalue weighted by atomic mass is 9.96. The van der Waals surface area contributed by atoms with Crippen LogP contribution in [0.25, 0.3) is 0 Å². The van der Waals surface area contributed by atoms with Crippen molar-refractivity contribution in [2.45, 2.75) is 352 Å². The van der Waals surface area contributed by atoms with Crippen LogP contribution in [-0.4, -0.2) is 118 Å². The van der Waals surface area contributed by atoms with Gasteiger partial charge >= 0.3 is 17.9 Å². The van der Waals surface area contributed by atoms with Crippen LogP contribution >= 0.6 is 0 Å². The molecule has 0 aliphatic carbocycles. The van der Waals surface area contributed by atoms with Gasteiger partial charge in [0, 0.05) is 19.3 Å². The van der Waals surface area contributed by atoms with Crippen LogP contribution in [0.1, 0.15) is 290 Å². The summed E-state index contributed by atoms with van der Waals surface area (Å²) in [6, 6.07) is 0. The highest BCUT2D eigenvalue weighted by molar-refractivity contribution is 5.71. The minimum absolute atomic E-state index is 0.0380. The number of ether oxygens (including phenoxy) is 6. The van der Waals surface area contributed by atoms with Crippen LogP contribution in [-0.2, 0) is 42.8 Å². The molecule has 5 N–H and O–H groups in total. The zero-order valence-electron chi connectivity index (χ0n) is 47.3. The van der Waals surface area contributed by atoms with Crippen molar-refractivity contribution in [3.63, 3.8) is 0 Å². The van der Waals surface area contributed by atoms with Crippen molar-refractivity contribution >= 4 is 17.9 Å². The number of aliphatic hydroxyl groups is 5. The third-order valence-corrected chi connectivity index (χ3v) is 15.2. The van der Waals surface area contributed by atoms with Crippen LogP contribution in [0.2, 0.25) is 0 Å². The van der Waals surface area contributed by atoms with E-state index in [1.165, 1.54) is 154 Å². The van der Waals surface area contributed by atoms with Crippen molar-refractivity contribution in [3.8, 4) is 0 Å². The molecule has 0 aromatic heterocycles. The molecule has 0 amide bonds. The number of carbonyl (C=O) groups is 3. The number of esters is 3. The molecule has 2 aliphatic rings. The van der Waals surface area contributed by atoms with E-state index in [-0.39, 0.29) is 19.3 Å². The second-order valence-corrected chi connectivity index (χ2v) is 21.9. The van der Waals surface area contributed by atoms with Crippen LogP contribution in [0.5, 0.6) is 0 Å². The van der Waals surface area contributed by atoms with Crippen LogP contribution in [0.15, 0.2) is 0 Å². The van der Waals surface area contributed by atoms with Gasteiger partial charge in [-0.1, -0.05) is 252 Å². The molecular formula is C60H112O14. The fourth-order valence-corrected chi connectivity index (χ4v) is 10.4. The Kier molecular flexibility index (Phi) is 42.4. The molecule has 2 heterocycles. The lowest BCUT2D eigenvalue weighted by molar-refractivity contribution is -0.356. The molecule has 0 unspecified atom stereocenters. The Bertz CT molecular complexity index is 1340. The van der Waals surface area contributed by atoms with E-state index < -0.39 is 92.5 Å². The highest BCUT2D eigenvalue weighted by Gasteiger charge is 2.55. The monoisotopic (exact) mass is 1060 g/mol. The summed E-state index contributed by atoms with van der Waals surface area (Å²) in [5.41, 5.74) is 0. The smallest absolute Gasteiger partial charge is 0.306 e. The summed E-state index contributed by atoms with van der Waals surface area (Å²) < 4.78 is 35.6. The Morgan fingerprint density at radius 3 is 0.905 bits per heavy atom. The van der Waals surface area contributed by atoms with Crippen molar-refractivity contribution in [3.05, 3.63) is 0 Å². The average Bonchev–Trinajstić information content (AvgIpc) is 3.39. The standard InChI is InChI=1S/C60H112O14/c1-4-7-10-13-16-19-22-25-28-31-34-37-40-43-50(63)71-56-53(66)48(46-61)70-60(58(56)73-52(65)45-42-39-36-33-30-27-24-21-18-15-12-9-6-3)74-55-49(47-62)69-59(68)54(67)57(55)72-51(64)44-41-38-35-32-29-26-23-20-17-14-11-8-5-2/h48-49,53-62,66-68H,4-47H2,1-3H3/t48-,49-,53-,54-,55-,56+,57-,58-,59-,60-/m1/s1. The van der Waals surface area contributed by atoms with Crippen molar-refractivity contribution in [2.75, 3.05) is 13.2 Å². The Balaban J connectivity index is 2.07. The number of aliphatic hydroxyl groups excluding tert-OH is 5. The maximum atomic E-state index is 13.6. The molecule has 0 aromatic carbocycles. The predicted molar refractivity (Wildman–Crippen MR) is 291 cm³/mol. The summed E-state index contributed by atoms with van der Waals surface area (Å²) >= 11 is 0. The molecule has 10 atom stereocenters. The highest BCUT2D eigenvalue weighted by atomic mass is 16.7. The van der Waals surface area contributed by atoms with Crippen molar-refractivity contribution in [1.29, 1.82) is 0 Å². The summed E-state index contributed by atoms with van der Waals surface area (Å²) in [6.07, 6.45) is 28.8. The number of hydrogen-bond donors (Lipinski definition) is 5. The van der Waals surface area contributed by atoms with Gasteiger partial charge in [0.05, 0.1) is 13.2 Å². The minimum Gasteiger partial charge on any atom is -0.456 e. The summed E-state index contributed by atoms with van der Waals surface area (Å²) in [5, 5.41) is 54.2. The second-order valence-electron chi connectivity index (χ2n) is 21.9. The van der Waals surface area contributed by atoms with Crippen LogP contribution in [0, 0.1) is 0 Å². The van der Waals surface area contributed by atoms with E-state index >= 15 is 0 Å². The zero-order chi connectivity index (χ0) is 53.9. The lowest BCUT2D eigenvalue weighted by Crippen LogP contribution is -2.66. The Morgan fingerprint density at radius 2 is 0.608 bits per heavy atom. The van der Waals surface area contributed by atoms with Gasteiger partial charge < -0.3 is 54.0 Å². The largest absolute Gasteiger partial charge is 0.456 e. The number of rotatable bonds is 49. The molecule has 2 rings (SSSR count). The minimum atomic E-state index is -1.84. The van der Waals surface area contributed by atoms with E-state index in [9.17, 15) is 39.9 Å². The van der Waals surface area contributed by atoms with Gasteiger partial charge in [-0.3, -0.25) is 14.4 Å². The van der Waals surface area contributed by atoms with Gasteiger partial charge in [0.2, 0.25) is 0 Å². The van der Waals surface area contributed by atoms with Gasteiger partial charge in [0.25, 0.3) is 0 Å². The van der Waals surface area contributed by atoms with Crippen LogP contribution < -0.4 is 0 Å². The van der Waals surface area contributed by atoms with Crippen molar-refractivity contribution < 1.29 is 68.3 Å². The van der Waals surface area contributed by atoms with Crippen LogP contribution in [0.4, 0.5) is 0 Å². The van der Waals surface area contributed by atoms with Gasteiger partial charge in [-0.25, -0.2) is 0 Å². The maximum Gasteiger partial charge on any atom is 0.306 e. The van der Waals surface area contributed by atoms with E-state index in [4.69, 9.17) is 28.4 Å². The zero-order valence-corrected chi connectivity index (χ0v) is 47.3. The molecule has 0 spiro atoms. The molecule has 14 heteroatoms.